The van der Waals surface area contributed by atoms with Crippen LogP contribution in [0.1, 0.15) is 13.3 Å². The smallest absolute Gasteiger partial charge is 0.410 e. The van der Waals surface area contributed by atoms with E-state index in [4.69, 9.17) is 4.74 Å². The highest BCUT2D eigenvalue weighted by molar-refractivity contribution is 5.81. The predicted octanol–water partition coefficient (Wildman–Crippen LogP) is 1.22. The van der Waals surface area contributed by atoms with Gasteiger partial charge in [-0.15, -0.1) is 0 Å². The maximum atomic E-state index is 11.5. The molecule has 3 atom stereocenters. The first-order chi connectivity index (χ1) is 7.13. The van der Waals surface area contributed by atoms with Gasteiger partial charge in [0.15, 0.2) is 0 Å². The number of rotatable bonds is 1. The Bertz CT molecular complexity index is 324. The van der Waals surface area contributed by atoms with Crippen LogP contribution in [0, 0.1) is 11.8 Å². The molecule has 0 N–H and O–H groups in total. The van der Waals surface area contributed by atoms with Gasteiger partial charge in [0.1, 0.15) is 5.78 Å². The minimum atomic E-state index is -0.333. The van der Waals surface area contributed by atoms with E-state index in [9.17, 15) is 9.59 Å². The van der Waals surface area contributed by atoms with Crippen LogP contribution in [0.2, 0.25) is 0 Å². The number of ether oxygens (including phenoxy) is 1. The van der Waals surface area contributed by atoms with Crippen LogP contribution in [-0.4, -0.2) is 36.5 Å². The summed E-state index contributed by atoms with van der Waals surface area (Å²) in [5, 5.41) is 0. The van der Waals surface area contributed by atoms with Crippen LogP contribution in [0.4, 0.5) is 4.79 Å². The van der Waals surface area contributed by atoms with Gasteiger partial charge < -0.3 is 9.64 Å². The largest absolute Gasteiger partial charge is 0.453 e. The van der Waals surface area contributed by atoms with Crippen molar-refractivity contribution in [3.8, 4) is 0 Å². The first-order valence-corrected chi connectivity index (χ1v) is 5.17. The van der Waals surface area contributed by atoms with Gasteiger partial charge in [-0.1, -0.05) is 12.2 Å². The quantitative estimate of drug-likeness (QED) is 0.610. The molecule has 4 nitrogen and oxygen atoms in total. The second-order valence-electron chi connectivity index (χ2n) is 4.21. The molecule has 15 heavy (non-hydrogen) atoms. The van der Waals surface area contributed by atoms with Gasteiger partial charge in [0.2, 0.25) is 0 Å². The molecule has 0 saturated carbocycles. The highest BCUT2D eigenvalue weighted by atomic mass is 16.5. The monoisotopic (exact) mass is 209 g/mol. The molecule has 82 valence electrons. The average Bonchev–Trinajstić information content (AvgIpc) is 2.28. The number of carbonyl (C=O) groups is 2. The topological polar surface area (TPSA) is 46.6 Å². The van der Waals surface area contributed by atoms with Crippen molar-refractivity contribution in [1.29, 1.82) is 0 Å². The Hall–Kier alpha value is -1.32. The van der Waals surface area contributed by atoms with E-state index in [-0.39, 0.29) is 23.8 Å². The molecule has 2 heterocycles. The molecule has 3 aliphatic rings. The number of methoxy groups -OCH3 is 1. The minimum Gasteiger partial charge on any atom is -0.453 e. The number of fused-ring (bicyclic) bond motifs is 2. The maximum absolute atomic E-state index is 11.5. The van der Waals surface area contributed by atoms with E-state index in [2.05, 4.69) is 6.08 Å². The first-order valence-electron chi connectivity index (χ1n) is 5.17. The van der Waals surface area contributed by atoms with E-state index in [1.807, 2.05) is 6.08 Å². The van der Waals surface area contributed by atoms with Crippen LogP contribution in [-0.2, 0) is 9.53 Å². The molecule has 0 spiro atoms. The zero-order valence-corrected chi connectivity index (χ0v) is 8.97. The lowest BCUT2D eigenvalue weighted by molar-refractivity contribution is -0.124. The number of piperidine rings is 1. The Morgan fingerprint density at radius 2 is 2.13 bits per heavy atom. The molecule has 1 aliphatic carbocycles. The van der Waals surface area contributed by atoms with Gasteiger partial charge in [0, 0.05) is 12.5 Å². The van der Waals surface area contributed by atoms with Crippen LogP contribution in [0.15, 0.2) is 12.2 Å². The van der Waals surface area contributed by atoms with Crippen molar-refractivity contribution in [2.24, 2.45) is 11.8 Å². The third kappa shape index (κ3) is 1.64. The van der Waals surface area contributed by atoms with Gasteiger partial charge in [-0.05, 0) is 19.3 Å². The zero-order valence-electron chi connectivity index (χ0n) is 8.97. The average molecular weight is 209 g/mol. The Balaban J connectivity index is 2.21. The summed E-state index contributed by atoms with van der Waals surface area (Å²) in [4.78, 5) is 24.6. The number of ketones is 1. The van der Waals surface area contributed by atoms with Crippen molar-refractivity contribution in [1.82, 2.24) is 4.90 Å². The Morgan fingerprint density at radius 3 is 2.67 bits per heavy atom. The van der Waals surface area contributed by atoms with Gasteiger partial charge >= 0.3 is 6.09 Å². The summed E-state index contributed by atoms with van der Waals surface area (Å²) in [5.41, 5.74) is 0. The van der Waals surface area contributed by atoms with Crippen molar-refractivity contribution in [2.45, 2.75) is 19.4 Å². The lowest BCUT2D eigenvalue weighted by Gasteiger charge is -2.44. The van der Waals surface area contributed by atoms with Crippen LogP contribution < -0.4 is 0 Å². The molecule has 0 aromatic carbocycles. The molecule has 0 radical (unpaired) electrons. The number of hydrogen-bond acceptors (Lipinski definition) is 3. The number of hydrogen-bond donors (Lipinski definition) is 0. The molecular weight excluding hydrogens is 194 g/mol. The van der Waals surface area contributed by atoms with Crippen molar-refractivity contribution in [3.63, 3.8) is 0 Å². The van der Waals surface area contributed by atoms with Crippen molar-refractivity contribution in [3.05, 3.63) is 12.2 Å². The molecular formula is C11H15NO3. The lowest BCUT2D eigenvalue weighted by Crippen LogP contribution is -2.54. The minimum absolute atomic E-state index is 0.0483. The standard InChI is InChI=1S/C11H15NO3/c1-7(13)9-5-8-3-4-10(9)12(6-8)11(14)15-2/h3-4,8-10H,5-6H2,1-2H3. The lowest BCUT2D eigenvalue weighted by atomic mass is 9.76. The SMILES string of the molecule is COC(=O)N1CC2C=CC1C(C(C)=O)C2. The van der Waals surface area contributed by atoms with E-state index in [1.165, 1.54) is 7.11 Å². The van der Waals surface area contributed by atoms with Crippen molar-refractivity contribution < 1.29 is 14.3 Å². The van der Waals surface area contributed by atoms with Crippen molar-refractivity contribution >= 4 is 11.9 Å². The van der Waals surface area contributed by atoms with E-state index < -0.39 is 0 Å². The van der Waals surface area contributed by atoms with Gasteiger partial charge in [-0.25, -0.2) is 4.79 Å². The molecule has 1 fully saturated rings. The maximum Gasteiger partial charge on any atom is 0.410 e. The number of nitrogens with zero attached hydrogens (tertiary/aromatic N) is 1. The van der Waals surface area contributed by atoms with Crippen LogP contribution in [0.25, 0.3) is 0 Å². The number of Topliss-reactive ketones (excluding diaryl/α,β-unsaturated/α-hetero) is 1. The summed E-state index contributed by atoms with van der Waals surface area (Å²) < 4.78 is 4.71. The second-order valence-corrected chi connectivity index (χ2v) is 4.21. The first kappa shape index (κ1) is 10.2. The molecule has 3 unspecified atom stereocenters. The highest BCUT2D eigenvalue weighted by Gasteiger charge is 2.42. The molecule has 3 rings (SSSR count). The summed E-state index contributed by atoms with van der Waals surface area (Å²) in [6.07, 6.45) is 4.59. The number of amides is 1. The number of carbonyl (C=O) groups excluding carboxylic acids is 2. The van der Waals surface area contributed by atoms with Crippen molar-refractivity contribution in [2.75, 3.05) is 13.7 Å². The third-order valence-corrected chi connectivity index (χ3v) is 3.27. The highest BCUT2D eigenvalue weighted by Crippen LogP contribution is 2.35. The van der Waals surface area contributed by atoms with E-state index in [0.29, 0.717) is 12.5 Å². The summed E-state index contributed by atoms with van der Waals surface area (Å²) in [6.45, 7) is 2.27. The van der Waals surface area contributed by atoms with Crippen LogP contribution in [0.3, 0.4) is 0 Å². The normalized spacial score (nSPS) is 32.9. The fourth-order valence-corrected chi connectivity index (χ4v) is 2.50. The molecule has 2 aliphatic heterocycles. The van der Waals surface area contributed by atoms with E-state index in [0.717, 1.165) is 6.42 Å². The fraction of sp³-hybridized carbons (Fsp3) is 0.636. The molecule has 2 bridgehead atoms. The van der Waals surface area contributed by atoms with Gasteiger partial charge in [0.25, 0.3) is 0 Å². The Labute approximate surface area is 88.9 Å². The fourth-order valence-electron chi connectivity index (χ4n) is 2.50. The van der Waals surface area contributed by atoms with E-state index >= 15 is 0 Å². The molecule has 0 aromatic heterocycles. The molecule has 4 heteroatoms. The summed E-state index contributed by atoms with van der Waals surface area (Å²) >= 11 is 0. The van der Waals surface area contributed by atoms with Crippen LogP contribution >= 0.6 is 0 Å². The molecule has 1 saturated heterocycles. The summed E-state index contributed by atoms with van der Waals surface area (Å²) in [7, 11) is 1.37. The van der Waals surface area contributed by atoms with E-state index in [1.54, 1.807) is 11.8 Å². The summed E-state index contributed by atoms with van der Waals surface area (Å²) in [6, 6.07) is -0.0973. The van der Waals surface area contributed by atoms with Gasteiger partial charge in [-0.2, -0.15) is 0 Å². The molecule has 0 aromatic rings. The Kier molecular flexibility index (Phi) is 2.50. The van der Waals surface area contributed by atoms with Crippen LogP contribution in [0.5, 0.6) is 0 Å². The zero-order chi connectivity index (χ0) is 11.0. The predicted molar refractivity (Wildman–Crippen MR) is 54.3 cm³/mol. The second kappa shape index (κ2) is 3.68. The van der Waals surface area contributed by atoms with Gasteiger partial charge in [0.05, 0.1) is 13.2 Å². The summed E-state index contributed by atoms with van der Waals surface area (Å²) in [5.74, 6) is 0.416. The van der Waals surface area contributed by atoms with Gasteiger partial charge in [-0.3, -0.25) is 4.79 Å². The molecule has 1 amide bonds. The Morgan fingerprint density at radius 1 is 1.40 bits per heavy atom. The third-order valence-electron chi connectivity index (χ3n) is 3.27.